The number of nitrogens with zero attached hydrogens (tertiary/aromatic N) is 5. The minimum Gasteiger partial charge on any atom is -0.382 e. The van der Waals surface area contributed by atoms with Gasteiger partial charge in [-0.25, -0.2) is 9.48 Å². The maximum atomic E-state index is 12.4. The molecular formula is C16H16N7O4P. The Labute approximate surface area is 157 Å². The van der Waals surface area contributed by atoms with Gasteiger partial charge in [-0.1, -0.05) is 24.3 Å². The second kappa shape index (κ2) is 6.71. The van der Waals surface area contributed by atoms with Crippen molar-refractivity contribution in [3.05, 3.63) is 64.3 Å². The summed E-state index contributed by atoms with van der Waals surface area (Å²) in [7, 11) is -4.19. The van der Waals surface area contributed by atoms with Crippen LogP contribution in [0.5, 0.6) is 0 Å². The summed E-state index contributed by atoms with van der Waals surface area (Å²) in [5.41, 5.74) is 7.33. The number of aromatic amines is 1. The van der Waals surface area contributed by atoms with Crippen molar-refractivity contribution >= 4 is 24.6 Å². The van der Waals surface area contributed by atoms with E-state index in [4.69, 9.17) is 15.5 Å². The minimum atomic E-state index is -4.19. The largest absolute Gasteiger partial charge is 0.382 e. The molecule has 0 radical (unpaired) electrons. The molecule has 144 valence electrons. The number of nitrogens with two attached hydrogens (primary N) is 1. The molecule has 11 nitrogen and oxygen atoms in total. The van der Waals surface area contributed by atoms with E-state index in [0.29, 0.717) is 22.3 Å². The maximum Gasteiger partial charge on any atom is 0.329 e. The van der Waals surface area contributed by atoms with Gasteiger partial charge in [0.1, 0.15) is 5.52 Å². The first-order chi connectivity index (χ1) is 13.3. The van der Waals surface area contributed by atoms with Crippen molar-refractivity contribution in [2.75, 3.05) is 5.73 Å². The van der Waals surface area contributed by atoms with Gasteiger partial charge in [-0.05, 0) is 17.2 Å². The van der Waals surface area contributed by atoms with Crippen molar-refractivity contribution < 1.29 is 14.4 Å². The molecule has 0 spiro atoms. The molecule has 0 bridgehead atoms. The van der Waals surface area contributed by atoms with Crippen molar-refractivity contribution in [3.63, 3.8) is 0 Å². The molecule has 0 fully saturated rings. The molecule has 3 heterocycles. The van der Waals surface area contributed by atoms with E-state index in [-0.39, 0.29) is 24.5 Å². The Morgan fingerprint density at radius 1 is 1.18 bits per heavy atom. The molecule has 1 aromatic carbocycles. The van der Waals surface area contributed by atoms with Crippen LogP contribution in [-0.4, -0.2) is 39.1 Å². The molecular weight excluding hydrogens is 385 g/mol. The molecule has 12 heteroatoms. The van der Waals surface area contributed by atoms with E-state index in [1.165, 1.54) is 9.25 Å². The van der Waals surface area contributed by atoms with Gasteiger partial charge in [-0.3, -0.25) is 9.13 Å². The first kappa shape index (κ1) is 18.1. The molecule has 0 aliphatic carbocycles. The van der Waals surface area contributed by atoms with Crippen LogP contribution in [0.15, 0.2) is 47.5 Å². The minimum absolute atomic E-state index is 0.113. The summed E-state index contributed by atoms with van der Waals surface area (Å²) in [4.78, 5) is 42.0. The molecule has 0 unspecified atom stereocenters. The molecule has 0 aliphatic rings. The molecule has 28 heavy (non-hydrogen) atoms. The van der Waals surface area contributed by atoms with E-state index in [9.17, 15) is 9.36 Å². The fourth-order valence-corrected chi connectivity index (χ4v) is 3.60. The number of imidazole rings is 1. The van der Waals surface area contributed by atoms with Gasteiger partial charge in [-0.2, -0.15) is 15.1 Å². The zero-order valence-electron chi connectivity index (χ0n) is 14.4. The molecule has 0 saturated carbocycles. The number of fused-ring (bicyclic) bond motifs is 1. The lowest BCUT2D eigenvalue weighted by Gasteiger charge is -2.08. The van der Waals surface area contributed by atoms with E-state index in [2.05, 4.69) is 20.1 Å². The fraction of sp³-hybridized carbons (Fsp3) is 0.125. The lowest BCUT2D eigenvalue weighted by atomic mass is 10.1. The predicted molar refractivity (Wildman–Crippen MR) is 101 cm³/mol. The average molecular weight is 401 g/mol. The number of H-pyrrole nitrogens is 1. The van der Waals surface area contributed by atoms with Crippen molar-refractivity contribution in [2.45, 2.75) is 12.7 Å². The Kier molecular flexibility index (Phi) is 4.34. The lowest BCUT2D eigenvalue weighted by molar-refractivity contribution is 0.371. The van der Waals surface area contributed by atoms with Crippen LogP contribution >= 0.6 is 7.60 Å². The highest BCUT2D eigenvalue weighted by molar-refractivity contribution is 7.50. The van der Waals surface area contributed by atoms with Crippen LogP contribution in [0, 0.1) is 0 Å². The Bertz CT molecular complexity index is 1260. The molecule has 4 rings (SSSR count). The SMILES string of the molecule is Nc1nc(-n2cccn2)nc2c1[nH]c(=O)n2Cc1cccc(CP(=O)(O)O)c1. The van der Waals surface area contributed by atoms with E-state index >= 15 is 0 Å². The van der Waals surface area contributed by atoms with Crippen LogP contribution in [0.25, 0.3) is 17.1 Å². The third-order valence-electron chi connectivity index (χ3n) is 4.07. The van der Waals surface area contributed by atoms with Gasteiger partial charge in [-0.15, -0.1) is 0 Å². The number of nitrogens with one attached hydrogen (secondary N) is 1. The fourth-order valence-electron chi connectivity index (χ4n) is 2.92. The number of hydrogen-bond donors (Lipinski definition) is 4. The summed E-state index contributed by atoms with van der Waals surface area (Å²) in [5, 5.41) is 4.07. The molecule has 0 atom stereocenters. The molecule has 0 amide bonds. The van der Waals surface area contributed by atoms with Gasteiger partial charge in [0.05, 0.1) is 12.7 Å². The Hall–Kier alpha value is -3.27. The van der Waals surface area contributed by atoms with Crippen molar-refractivity contribution in [2.24, 2.45) is 0 Å². The number of rotatable bonds is 5. The maximum absolute atomic E-state index is 12.4. The molecule has 4 aromatic rings. The first-order valence-electron chi connectivity index (χ1n) is 8.18. The second-order valence-electron chi connectivity index (χ2n) is 6.22. The van der Waals surface area contributed by atoms with Gasteiger partial charge in [0.25, 0.3) is 5.95 Å². The summed E-state index contributed by atoms with van der Waals surface area (Å²) in [5.74, 6) is 0.333. The van der Waals surface area contributed by atoms with Gasteiger partial charge < -0.3 is 20.5 Å². The predicted octanol–water partition coefficient (Wildman–Crippen LogP) is 0.613. The van der Waals surface area contributed by atoms with Gasteiger partial charge in [0.15, 0.2) is 11.5 Å². The standard InChI is InChI=1S/C16H16N7O4P/c17-13-12-14(21-15(20-13)23-6-2-5-18-23)22(16(24)19-12)8-10-3-1-4-11(7-10)9-28(25,26)27/h1-7H,8-9H2,(H,19,24)(H2,17,20,21)(H2,25,26,27). The molecule has 0 aliphatic heterocycles. The highest BCUT2D eigenvalue weighted by Crippen LogP contribution is 2.39. The molecule has 0 saturated heterocycles. The highest BCUT2D eigenvalue weighted by atomic mass is 31.2. The monoisotopic (exact) mass is 401 g/mol. The first-order valence-corrected chi connectivity index (χ1v) is 9.98. The van der Waals surface area contributed by atoms with E-state index in [0.717, 1.165) is 0 Å². The quantitative estimate of drug-likeness (QED) is 0.353. The van der Waals surface area contributed by atoms with E-state index in [1.807, 2.05) is 0 Å². The Morgan fingerprint density at radius 2 is 1.96 bits per heavy atom. The van der Waals surface area contributed by atoms with Crippen LogP contribution < -0.4 is 11.4 Å². The topological polar surface area (TPSA) is 165 Å². The Morgan fingerprint density at radius 3 is 2.68 bits per heavy atom. The average Bonchev–Trinajstić information content (AvgIpc) is 3.24. The number of hydrogen-bond acceptors (Lipinski definition) is 6. The summed E-state index contributed by atoms with van der Waals surface area (Å²) >= 11 is 0. The van der Waals surface area contributed by atoms with Crippen LogP contribution in [0.2, 0.25) is 0 Å². The molecule has 3 aromatic heterocycles. The van der Waals surface area contributed by atoms with Crippen LogP contribution in [0.4, 0.5) is 5.82 Å². The smallest absolute Gasteiger partial charge is 0.329 e. The number of nitrogen functional groups attached to an aromatic ring is 1. The summed E-state index contributed by atoms with van der Waals surface area (Å²) < 4.78 is 14.1. The van der Waals surface area contributed by atoms with Gasteiger partial charge in [0, 0.05) is 12.4 Å². The van der Waals surface area contributed by atoms with Gasteiger partial charge >= 0.3 is 13.3 Å². The highest BCUT2D eigenvalue weighted by Gasteiger charge is 2.17. The number of anilines is 1. The van der Waals surface area contributed by atoms with Crippen LogP contribution in [0.3, 0.4) is 0 Å². The second-order valence-corrected chi connectivity index (χ2v) is 7.86. The lowest BCUT2D eigenvalue weighted by Crippen LogP contribution is -2.18. The Balaban J connectivity index is 1.77. The summed E-state index contributed by atoms with van der Waals surface area (Å²) in [6, 6.07) is 8.41. The third kappa shape index (κ3) is 3.58. The summed E-state index contributed by atoms with van der Waals surface area (Å²) in [6.07, 6.45) is 2.85. The summed E-state index contributed by atoms with van der Waals surface area (Å²) in [6.45, 7) is 0.142. The normalized spacial score (nSPS) is 11.9. The van der Waals surface area contributed by atoms with Crippen molar-refractivity contribution in [1.82, 2.24) is 29.3 Å². The number of benzene rings is 1. The number of aromatic nitrogens is 6. The zero-order valence-corrected chi connectivity index (χ0v) is 15.3. The van der Waals surface area contributed by atoms with E-state index in [1.54, 1.807) is 42.7 Å². The van der Waals surface area contributed by atoms with E-state index < -0.39 is 13.3 Å². The zero-order chi connectivity index (χ0) is 19.9. The molecule has 5 N–H and O–H groups in total. The van der Waals surface area contributed by atoms with Crippen molar-refractivity contribution in [3.8, 4) is 5.95 Å². The van der Waals surface area contributed by atoms with Gasteiger partial charge in [0.2, 0.25) is 0 Å². The van der Waals surface area contributed by atoms with Crippen LogP contribution in [0.1, 0.15) is 11.1 Å². The third-order valence-corrected chi connectivity index (χ3v) is 4.85. The van der Waals surface area contributed by atoms with Crippen LogP contribution in [-0.2, 0) is 17.3 Å². The van der Waals surface area contributed by atoms with Crippen molar-refractivity contribution in [1.29, 1.82) is 0 Å².